The van der Waals surface area contributed by atoms with Gasteiger partial charge in [-0.15, -0.1) is 0 Å². The molecule has 1 aromatic carbocycles. The van der Waals surface area contributed by atoms with Crippen LogP contribution in [0.25, 0.3) is 0 Å². The second kappa shape index (κ2) is 5.65. The molecular weight excluding hydrogens is 280 g/mol. The number of aliphatic hydroxyl groups is 1. The lowest BCUT2D eigenvalue weighted by Gasteiger charge is -2.39. The van der Waals surface area contributed by atoms with E-state index in [4.69, 9.17) is 10.5 Å². The SMILES string of the molecule is Cc1c(CC(O)N2CCC(C)(N)CC2)ccc2c1COC2=O. The number of esters is 1. The first-order chi connectivity index (χ1) is 10.4. The molecule has 2 aliphatic heterocycles. The number of aliphatic hydroxyl groups excluding tert-OH is 1. The zero-order chi connectivity index (χ0) is 15.9. The van der Waals surface area contributed by atoms with Crippen LogP contribution in [0.5, 0.6) is 0 Å². The van der Waals surface area contributed by atoms with Crippen LogP contribution in [-0.2, 0) is 17.8 Å². The van der Waals surface area contributed by atoms with Crippen molar-refractivity contribution in [3.63, 3.8) is 0 Å². The van der Waals surface area contributed by atoms with Gasteiger partial charge in [0.1, 0.15) is 12.8 Å². The number of carbonyl (C=O) groups is 1. The van der Waals surface area contributed by atoms with Gasteiger partial charge in [-0.05, 0) is 43.9 Å². The summed E-state index contributed by atoms with van der Waals surface area (Å²) < 4.78 is 5.08. The van der Waals surface area contributed by atoms with Gasteiger partial charge in [0.15, 0.2) is 0 Å². The Morgan fingerprint density at radius 3 is 2.77 bits per heavy atom. The maximum Gasteiger partial charge on any atom is 0.338 e. The highest BCUT2D eigenvalue weighted by atomic mass is 16.5. The summed E-state index contributed by atoms with van der Waals surface area (Å²) in [5, 5.41) is 10.5. The zero-order valence-corrected chi connectivity index (χ0v) is 13.3. The van der Waals surface area contributed by atoms with Crippen LogP contribution >= 0.6 is 0 Å². The van der Waals surface area contributed by atoms with Crippen molar-refractivity contribution in [3.8, 4) is 0 Å². The van der Waals surface area contributed by atoms with E-state index in [1.807, 2.05) is 19.1 Å². The first-order valence-corrected chi connectivity index (χ1v) is 7.87. The van der Waals surface area contributed by atoms with Crippen LogP contribution in [0, 0.1) is 6.92 Å². The summed E-state index contributed by atoms with van der Waals surface area (Å²) >= 11 is 0. The van der Waals surface area contributed by atoms with Crippen molar-refractivity contribution >= 4 is 5.97 Å². The Bertz CT molecular complexity index is 588. The second-order valence-corrected chi connectivity index (χ2v) is 6.83. The lowest BCUT2D eigenvalue weighted by atomic mass is 9.90. The number of hydrogen-bond donors (Lipinski definition) is 2. The van der Waals surface area contributed by atoms with E-state index in [-0.39, 0.29) is 11.5 Å². The molecule has 0 aliphatic carbocycles. The highest BCUT2D eigenvalue weighted by Crippen LogP contribution is 2.27. The molecule has 120 valence electrons. The van der Waals surface area contributed by atoms with Gasteiger partial charge >= 0.3 is 5.97 Å². The van der Waals surface area contributed by atoms with Crippen molar-refractivity contribution in [2.45, 2.75) is 51.5 Å². The van der Waals surface area contributed by atoms with Gasteiger partial charge < -0.3 is 15.6 Å². The number of piperidine rings is 1. The summed E-state index contributed by atoms with van der Waals surface area (Å²) in [5.41, 5.74) is 9.78. The van der Waals surface area contributed by atoms with Gasteiger partial charge in [0.05, 0.1) is 5.56 Å². The molecule has 1 atom stereocenters. The van der Waals surface area contributed by atoms with E-state index in [2.05, 4.69) is 11.8 Å². The average Bonchev–Trinajstić information content (AvgIpc) is 2.84. The van der Waals surface area contributed by atoms with Gasteiger partial charge in [-0.2, -0.15) is 0 Å². The van der Waals surface area contributed by atoms with E-state index in [1.54, 1.807) is 0 Å². The molecule has 0 saturated carbocycles. The fraction of sp³-hybridized carbons (Fsp3) is 0.588. The fourth-order valence-electron chi connectivity index (χ4n) is 3.28. The molecule has 0 radical (unpaired) electrons. The number of ether oxygens (including phenoxy) is 1. The predicted molar refractivity (Wildman–Crippen MR) is 83.4 cm³/mol. The first kappa shape index (κ1) is 15.5. The largest absolute Gasteiger partial charge is 0.457 e. The molecule has 1 fully saturated rings. The van der Waals surface area contributed by atoms with E-state index >= 15 is 0 Å². The molecule has 2 aliphatic rings. The van der Waals surface area contributed by atoms with E-state index < -0.39 is 6.23 Å². The molecule has 5 heteroatoms. The highest BCUT2D eigenvalue weighted by molar-refractivity contribution is 5.93. The molecule has 0 bridgehead atoms. The molecule has 1 saturated heterocycles. The minimum atomic E-state index is -0.508. The monoisotopic (exact) mass is 304 g/mol. The van der Waals surface area contributed by atoms with Crippen LogP contribution in [0.3, 0.4) is 0 Å². The summed E-state index contributed by atoms with van der Waals surface area (Å²) in [6.07, 6.45) is 1.85. The molecule has 1 unspecified atom stereocenters. The number of cyclic esters (lactones) is 1. The molecule has 22 heavy (non-hydrogen) atoms. The third kappa shape index (κ3) is 2.89. The zero-order valence-electron chi connectivity index (χ0n) is 13.3. The van der Waals surface area contributed by atoms with Crippen molar-refractivity contribution in [2.75, 3.05) is 13.1 Å². The quantitative estimate of drug-likeness (QED) is 0.824. The van der Waals surface area contributed by atoms with Crippen LogP contribution in [-0.4, -0.2) is 40.8 Å². The Balaban J connectivity index is 1.70. The summed E-state index contributed by atoms with van der Waals surface area (Å²) in [5.74, 6) is -0.247. The second-order valence-electron chi connectivity index (χ2n) is 6.83. The van der Waals surface area contributed by atoms with Crippen molar-refractivity contribution in [2.24, 2.45) is 5.73 Å². The van der Waals surface area contributed by atoms with Crippen LogP contribution < -0.4 is 5.73 Å². The van der Waals surface area contributed by atoms with Crippen molar-refractivity contribution < 1.29 is 14.6 Å². The van der Waals surface area contributed by atoms with Gasteiger partial charge in [0, 0.05) is 30.6 Å². The number of nitrogens with zero attached hydrogens (tertiary/aromatic N) is 1. The normalized spacial score (nSPS) is 22.3. The number of rotatable bonds is 3. The number of hydrogen-bond acceptors (Lipinski definition) is 5. The Labute approximate surface area is 131 Å². The summed E-state index contributed by atoms with van der Waals surface area (Å²) in [4.78, 5) is 13.7. The van der Waals surface area contributed by atoms with Crippen molar-refractivity contribution in [3.05, 3.63) is 34.4 Å². The van der Waals surface area contributed by atoms with E-state index in [0.29, 0.717) is 18.6 Å². The molecule has 3 N–H and O–H groups in total. The molecule has 0 aromatic heterocycles. The van der Waals surface area contributed by atoms with Gasteiger partial charge in [0.25, 0.3) is 0 Å². The Kier molecular flexibility index (Phi) is 3.97. The number of carbonyl (C=O) groups excluding carboxylic acids is 1. The van der Waals surface area contributed by atoms with E-state index in [9.17, 15) is 9.90 Å². The Hall–Kier alpha value is -1.43. The third-order valence-electron chi connectivity index (χ3n) is 5.04. The highest BCUT2D eigenvalue weighted by Gasteiger charge is 2.30. The topological polar surface area (TPSA) is 75.8 Å². The van der Waals surface area contributed by atoms with Crippen LogP contribution in [0.15, 0.2) is 12.1 Å². The first-order valence-electron chi connectivity index (χ1n) is 7.87. The fourth-order valence-corrected chi connectivity index (χ4v) is 3.28. The van der Waals surface area contributed by atoms with E-state index in [1.165, 1.54) is 0 Å². The number of likely N-dealkylation sites (tertiary alicyclic amines) is 1. The summed E-state index contributed by atoms with van der Waals surface area (Å²) in [6.45, 7) is 6.05. The minimum absolute atomic E-state index is 0.114. The van der Waals surface area contributed by atoms with Gasteiger partial charge in [-0.3, -0.25) is 4.90 Å². The van der Waals surface area contributed by atoms with Gasteiger partial charge in [-0.25, -0.2) is 4.79 Å². The molecular formula is C17H24N2O3. The predicted octanol–water partition coefficient (Wildman–Crippen LogP) is 1.34. The maximum absolute atomic E-state index is 11.6. The smallest absolute Gasteiger partial charge is 0.338 e. The van der Waals surface area contributed by atoms with Gasteiger partial charge in [0.2, 0.25) is 0 Å². The molecule has 0 amide bonds. The minimum Gasteiger partial charge on any atom is -0.457 e. The lowest BCUT2D eigenvalue weighted by Crippen LogP contribution is -2.51. The van der Waals surface area contributed by atoms with Gasteiger partial charge in [-0.1, -0.05) is 6.07 Å². The standard InChI is InChI=1S/C17H24N2O3/c1-11-12(3-4-13-14(11)10-22-16(13)21)9-15(20)19-7-5-17(2,18)6-8-19/h3-4,15,20H,5-10,18H2,1-2H3. The lowest BCUT2D eigenvalue weighted by molar-refractivity contribution is -0.0180. The third-order valence-corrected chi connectivity index (χ3v) is 5.04. The van der Waals surface area contributed by atoms with Crippen LogP contribution in [0.4, 0.5) is 0 Å². The average molecular weight is 304 g/mol. The number of benzene rings is 1. The van der Waals surface area contributed by atoms with E-state index in [0.717, 1.165) is 42.6 Å². The van der Waals surface area contributed by atoms with Crippen LogP contribution in [0.2, 0.25) is 0 Å². The Morgan fingerprint density at radius 1 is 1.41 bits per heavy atom. The van der Waals surface area contributed by atoms with Crippen molar-refractivity contribution in [1.29, 1.82) is 0 Å². The molecule has 5 nitrogen and oxygen atoms in total. The van der Waals surface area contributed by atoms with Crippen molar-refractivity contribution in [1.82, 2.24) is 4.90 Å². The molecule has 1 aromatic rings. The summed E-state index contributed by atoms with van der Waals surface area (Å²) in [6, 6.07) is 3.74. The summed E-state index contributed by atoms with van der Waals surface area (Å²) in [7, 11) is 0. The molecule has 2 heterocycles. The molecule has 0 spiro atoms. The number of nitrogens with two attached hydrogens (primary N) is 1. The Morgan fingerprint density at radius 2 is 2.09 bits per heavy atom. The number of fused-ring (bicyclic) bond motifs is 1. The van der Waals surface area contributed by atoms with Crippen LogP contribution in [0.1, 0.15) is 46.8 Å². The maximum atomic E-state index is 11.6. The molecule has 3 rings (SSSR count).